The molecule has 0 bridgehead atoms. The van der Waals surface area contributed by atoms with Crippen molar-refractivity contribution in [1.29, 1.82) is 0 Å². The van der Waals surface area contributed by atoms with Crippen LogP contribution in [0, 0.1) is 13.8 Å². The third-order valence-corrected chi connectivity index (χ3v) is 8.11. The summed E-state index contributed by atoms with van der Waals surface area (Å²) >= 11 is 0. The Kier molecular flexibility index (Phi) is 13.1. The molecule has 226 valence electrons. The fraction of sp³-hybridized carbons (Fsp3) is 0.0952. The molecule has 0 spiro atoms. The Labute approximate surface area is 292 Å². The van der Waals surface area contributed by atoms with Crippen molar-refractivity contribution in [2.24, 2.45) is 0 Å². The second kappa shape index (κ2) is 16.5. The van der Waals surface area contributed by atoms with Crippen molar-refractivity contribution in [2.45, 2.75) is 26.9 Å². The first-order valence-corrected chi connectivity index (χ1v) is 17.0. The van der Waals surface area contributed by atoms with Gasteiger partial charge < -0.3 is 9.41 Å². The van der Waals surface area contributed by atoms with Gasteiger partial charge in [-0.05, 0) is 21.5 Å². The summed E-state index contributed by atoms with van der Waals surface area (Å²) in [6, 6.07) is 52.2. The molecule has 0 aliphatic rings. The third kappa shape index (κ3) is 7.20. The molecule has 0 heterocycles. The average Bonchev–Trinajstić information content (AvgIpc) is 3.56. The Bertz CT molecular complexity index is 2010. The fourth-order valence-electron chi connectivity index (χ4n) is 6.34. The second-order valence-electron chi connectivity index (χ2n) is 11.1. The molecule has 8 rings (SSSR count). The summed E-state index contributed by atoms with van der Waals surface area (Å²) in [5, 5.41) is 10.6. The van der Waals surface area contributed by atoms with E-state index in [1.54, 1.807) is 0 Å². The minimum Gasteiger partial charge on any atom is -1.00 e. The molecule has 0 N–H and O–H groups in total. The van der Waals surface area contributed by atoms with Gasteiger partial charge in [0.25, 0.3) is 0 Å². The Hall–Kier alpha value is -3.98. The van der Waals surface area contributed by atoms with E-state index >= 15 is 0 Å². The van der Waals surface area contributed by atoms with E-state index < -0.39 is 0 Å². The molecular weight excluding hydrogens is 662 g/mol. The zero-order valence-electron chi connectivity index (χ0n) is 26.6. The van der Waals surface area contributed by atoms with Crippen LogP contribution in [0.25, 0.3) is 65.3 Å². The normalized spacial score (nSPS) is 10.2. The zero-order valence-corrected chi connectivity index (χ0v) is 30.1. The van der Waals surface area contributed by atoms with Crippen molar-refractivity contribution in [2.75, 3.05) is 0 Å². The number of hydrogen-bond acceptors (Lipinski definition) is 0. The smallest absolute Gasteiger partial charge is 1.00 e. The molecule has 0 amide bonds. The molecule has 0 unspecified atom stereocenters. The van der Waals surface area contributed by atoms with Crippen LogP contribution in [0.15, 0.2) is 146 Å². The molecule has 0 aliphatic heterocycles. The molecule has 0 atom stereocenters. The minimum atomic E-state index is 0. The van der Waals surface area contributed by atoms with Gasteiger partial charge in [0, 0.05) is 9.52 Å². The Morgan fingerprint density at radius 2 is 0.717 bits per heavy atom. The monoisotopic (exact) mass is 696 g/mol. The van der Waals surface area contributed by atoms with Gasteiger partial charge in [0.15, 0.2) is 0 Å². The van der Waals surface area contributed by atoms with Crippen molar-refractivity contribution in [1.82, 2.24) is 0 Å². The van der Waals surface area contributed by atoms with Crippen LogP contribution in [0.2, 0.25) is 13.1 Å². The molecule has 46 heavy (non-hydrogen) atoms. The van der Waals surface area contributed by atoms with Crippen molar-refractivity contribution in [3.63, 3.8) is 0 Å². The topological polar surface area (TPSA) is 0 Å². The van der Waals surface area contributed by atoms with Gasteiger partial charge in [0.05, 0.1) is 0 Å². The van der Waals surface area contributed by atoms with Gasteiger partial charge in [-0.1, -0.05) is 135 Å². The average molecular weight is 698 g/mol. The number of rotatable bonds is 2. The van der Waals surface area contributed by atoms with Crippen molar-refractivity contribution in [3.05, 3.63) is 157 Å². The van der Waals surface area contributed by atoms with Gasteiger partial charge in [-0.3, -0.25) is 0 Å². The van der Waals surface area contributed by atoms with E-state index in [4.69, 9.17) is 0 Å². The summed E-state index contributed by atoms with van der Waals surface area (Å²) in [6.07, 6.45) is 0. The van der Waals surface area contributed by atoms with Gasteiger partial charge in [0.2, 0.25) is 0 Å². The summed E-state index contributed by atoms with van der Waals surface area (Å²) < 4.78 is 0. The van der Waals surface area contributed by atoms with Crippen LogP contribution in [0.4, 0.5) is 0 Å². The number of aryl methyl sites for hydroxylation is 2. The zero-order chi connectivity index (χ0) is 29.8. The van der Waals surface area contributed by atoms with Gasteiger partial charge in [-0.15, -0.1) is 92.3 Å². The summed E-state index contributed by atoms with van der Waals surface area (Å²) in [4.78, 5) is 0. The first-order valence-electron chi connectivity index (χ1n) is 15.0. The van der Waals surface area contributed by atoms with E-state index in [0.717, 1.165) is 9.52 Å². The van der Waals surface area contributed by atoms with E-state index in [0.29, 0.717) is 0 Å². The maximum atomic E-state index is 2.28. The van der Waals surface area contributed by atoms with Crippen LogP contribution >= 0.6 is 0 Å². The van der Waals surface area contributed by atoms with Crippen LogP contribution in [-0.4, -0.2) is 9.52 Å². The third-order valence-electron chi connectivity index (χ3n) is 8.11. The number of hydrogen-bond donors (Lipinski definition) is 0. The Balaban J connectivity index is 0.000000218. The SMILES string of the molecule is C[Si]C.Cc1[cH-]c2ccccc2c1-c1cccc2ccccc12.Cc1[cH-]c2ccccc2c1-c1cccc2ccccc12.[F-].[F-].[Zr+4]. The maximum absolute atomic E-state index is 2.28. The predicted molar refractivity (Wildman–Crippen MR) is 192 cm³/mol. The summed E-state index contributed by atoms with van der Waals surface area (Å²) in [5.41, 5.74) is 8.11. The van der Waals surface area contributed by atoms with E-state index in [2.05, 4.69) is 173 Å². The van der Waals surface area contributed by atoms with Crippen LogP contribution < -0.4 is 9.41 Å². The van der Waals surface area contributed by atoms with Gasteiger partial charge in [0.1, 0.15) is 0 Å². The first kappa shape index (κ1) is 36.5. The maximum Gasteiger partial charge on any atom is 4.00 e. The predicted octanol–water partition coefficient (Wildman–Crippen LogP) is 6.17. The number of fused-ring (bicyclic) bond motifs is 4. The van der Waals surface area contributed by atoms with Crippen molar-refractivity contribution >= 4 is 52.6 Å². The van der Waals surface area contributed by atoms with E-state index in [9.17, 15) is 0 Å². The summed E-state index contributed by atoms with van der Waals surface area (Å²) in [6.45, 7) is 8.72. The summed E-state index contributed by atoms with van der Waals surface area (Å²) in [7, 11) is 1.08. The summed E-state index contributed by atoms with van der Waals surface area (Å²) in [5.74, 6) is 0. The molecule has 8 aromatic rings. The molecule has 0 fully saturated rings. The fourth-order valence-corrected chi connectivity index (χ4v) is 6.34. The van der Waals surface area contributed by atoms with E-state index in [1.807, 2.05) is 0 Å². The molecular formula is C42H36F2SiZr. The van der Waals surface area contributed by atoms with Crippen molar-refractivity contribution in [3.8, 4) is 22.3 Å². The Morgan fingerprint density at radius 1 is 0.413 bits per heavy atom. The van der Waals surface area contributed by atoms with E-state index in [-0.39, 0.29) is 35.6 Å². The van der Waals surface area contributed by atoms with Gasteiger partial charge in [-0.2, -0.15) is 0 Å². The number of halogens is 2. The molecule has 4 heteroatoms. The number of benzene rings is 6. The molecule has 2 radical (unpaired) electrons. The standard InChI is InChI=1S/2C20H15.C2H6Si.2FH.Zr/c2*1-14-13-16-8-3-5-11-18(16)20(14)19-12-6-9-15-7-2-4-10-17(15)19;1-3-2;;;/h2*2-13H,1H3;1-2H3;2*1H;/q2*-1;;;;+4/p-2. The molecule has 0 saturated carbocycles. The van der Waals surface area contributed by atoms with Crippen LogP contribution in [0.3, 0.4) is 0 Å². The molecule has 0 aromatic heterocycles. The first-order chi connectivity index (χ1) is 21.1. The van der Waals surface area contributed by atoms with E-state index in [1.165, 1.54) is 76.5 Å². The van der Waals surface area contributed by atoms with Crippen LogP contribution in [0.1, 0.15) is 11.1 Å². The van der Waals surface area contributed by atoms with Gasteiger partial charge >= 0.3 is 26.2 Å². The largest absolute Gasteiger partial charge is 4.00 e. The minimum absolute atomic E-state index is 0. The van der Waals surface area contributed by atoms with Crippen molar-refractivity contribution < 1.29 is 35.6 Å². The van der Waals surface area contributed by atoms with Crippen LogP contribution in [-0.2, 0) is 26.2 Å². The second-order valence-corrected chi connectivity index (χ2v) is 12.1. The molecule has 0 saturated heterocycles. The molecule has 0 aliphatic carbocycles. The molecule has 0 nitrogen and oxygen atoms in total. The molecule has 8 aromatic carbocycles. The quantitative estimate of drug-likeness (QED) is 0.150. The van der Waals surface area contributed by atoms with Gasteiger partial charge in [-0.25, -0.2) is 0 Å². The Morgan fingerprint density at radius 3 is 1.11 bits per heavy atom. The van der Waals surface area contributed by atoms with Crippen LogP contribution in [0.5, 0.6) is 0 Å².